The Hall–Kier alpha value is -2.15. The number of hydrogen-bond acceptors (Lipinski definition) is 3. The van der Waals surface area contributed by atoms with E-state index in [1.54, 1.807) is 0 Å². The summed E-state index contributed by atoms with van der Waals surface area (Å²) in [6.45, 7) is 2.14. The molecule has 0 bridgehead atoms. The number of nitriles is 1. The second kappa shape index (κ2) is 7.44. The van der Waals surface area contributed by atoms with Crippen molar-refractivity contribution >= 4 is 0 Å². The average Bonchev–Trinajstić information content (AvgIpc) is 2.49. The molecular weight excluding hydrogens is 248 g/mol. The van der Waals surface area contributed by atoms with Crippen LogP contribution in [0.1, 0.15) is 16.7 Å². The van der Waals surface area contributed by atoms with Crippen LogP contribution < -0.4 is 0 Å². The Morgan fingerprint density at radius 2 is 1.65 bits per heavy atom. The molecule has 2 aromatic rings. The van der Waals surface area contributed by atoms with E-state index in [9.17, 15) is 5.11 Å². The van der Waals surface area contributed by atoms with Gasteiger partial charge < -0.3 is 5.11 Å². The summed E-state index contributed by atoms with van der Waals surface area (Å²) in [7, 11) is 0. The predicted molar refractivity (Wildman–Crippen MR) is 78.8 cm³/mol. The third-order valence-electron chi connectivity index (χ3n) is 3.20. The summed E-state index contributed by atoms with van der Waals surface area (Å²) in [5.41, 5.74) is 2.90. The lowest BCUT2D eigenvalue weighted by molar-refractivity contribution is 0.184. The molecule has 0 saturated heterocycles. The second-order valence-electron chi connectivity index (χ2n) is 4.69. The minimum Gasteiger partial charge on any atom is -0.395 e. The molecule has 0 fully saturated rings. The van der Waals surface area contributed by atoms with Crippen molar-refractivity contribution in [3.05, 3.63) is 71.3 Å². The maximum absolute atomic E-state index is 9.21. The van der Waals surface area contributed by atoms with Gasteiger partial charge in [0, 0.05) is 19.6 Å². The first-order valence-corrected chi connectivity index (χ1v) is 6.68. The molecular formula is C17H18N2O. The van der Waals surface area contributed by atoms with Crippen LogP contribution in [0.4, 0.5) is 0 Å². The van der Waals surface area contributed by atoms with Gasteiger partial charge in [-0.2, -0.15) is 5.26 Å². The van der Waals surface area contributed by atoms with Gasteiger partial charge in [0.05, 0.1) is 18.2 Å². The molecule has 1 N–H and O–H groups in total. The minimum absolute atomic E-state index is 0.113. The van der Waals surface area contributed by atoms with Crippen molar-refractivity contribution < 1.29 is 5.11 Å². The highest BCUT2D eigenvalue weighted by Crippen LogP contribution is 2.13. The lowest BCUT2D eigenvalue weighted by Gasteiger charge is -2.22. The molecule has 0 unspecified atom stereocenters. The van der Waals surface area contributed by atoms with Gasteiger partial charge in [0.2, 0.25) is 0 Å². The first-order chi connectivity index (χ1) is 9.83. The molecule has 0 aromatic heterocycles. The molecule has 20 heavy (non-hydrogen) atoms. The lowest BCUT2D eigenvalue weighted by Crippen LogP contribution is -2.26. The molecule has 0 atom stereocenters. The molecule has 0 aliphatic heterocycles. The van der Waals surface area contributed by atoms with Crippen molar-refractivity contribution in [2.24, 2.45) is 0 Å². The number of benzene rings is 2. The Morgan fingerprint density at radius 1 is 0.950 bits per heavy atom. The fourth-order valence-corrected chi connectivity index (χ4v) is 2.21. The molecule has 0 spiro atoms. The fourth-order valence-electron chi connectivity index (χ4n) is 2.21. The topological polar surface area (TPSA) is 47.3 Å². The quantitative estimate of drug-likeness (QED) is 0.874. The van der Waals surface area contributed by atoms with Gasteiger partial charge in [-0.25, -0.2) is 0 Å². The van der Waals surface area contributed by atoms with Crippen molar-refractivity contribution in [2.75, 3.05) is 13.2 Å². The predicted octanol–water partition coefficient (Wildman–Crippen LogP) is 2.55. The second-order valence-corrected chi connectivity index (χ2v) is 4.69. The molecule has 3 nitrogen and oxygen atoms in total. The maximum atomic E-state index is 9.21. The third-order valence-corrected chi connectivity index (χ3v) is 3.20. The molecule has 2 rings (SSSR count). The standard InChI is InChI=1S/C17H18N2O/c18-12-16-8-4-5-9-17(16)14-19(10-11-20)13-15-6-2-1-3-7-15/h1-9,20H,10-11,13-14H2. The highest BCUT2D eigenvalue weighted by atomic mass is 16.3. The van der Waals surface area contributed by atoms with E-state index in [0.717, 1.165) is 12.1 Å². The van der Waals surface area contributed by atoms with Crippen molar-refractivity contribution in [2.45, 2.75) is 13.1 Å². The molecule has 0 heterocycles. The molecule has 0 radical (unpaired) electrons. The van der Waals surface area contributed by atoms with Crippen molar-refractivity contribution in [1.29, 1.82) is 5.26 Å². The van der Waals surface area contributed by atoms with Crippen LogP contribution in [0.25, 0.3) is 0 Å². The first-order valence-electron chi connectivity index (χ1n) is 6.68. The Morgan fingerprint density at radius 3 is 2.35 bits per heavy atom. The Bertz CT molecular complexity index is 575. The molecule has 0 saturated carbocycles. The molecule has 0 aliphatic rings. The van der Waals surface area contributed by atoms with E-state index in [0.29, 0.717) is 18.7 Å². The van der Waals surface area contributed by atoms with Crippen LogP contribution >= 0.6 is 0 Å². The summed E-state index contributed by atoms with van der Waals surface area (Å²) in [5, 5.41) is 18.3. The Balaban J connectivity index is 2.11. The zero-order valence-corrected chi connectivity index (χ0v) is 11.4. The van der Waals surface area contributed by atoms with Crippen LogP contribution in [-0.4, -0.2) is 23.2 Å². The summed E-state index contributed by atoms with van der Waals surface area (Å²) in [6.07, 6.45) is 0. The van der Waals surface area contributed by atoms with E-state index >= 15 is 0 Å². The third kappa shape index (κ3) is 3.92. The average molecular weight is 266 g/mol. The first kappa shape index (κ1) is 14.3. The number of rotatable bonds is 6. The van der Waals surface area contributed by atoms with Gasteiger partial charge in [0.25, 0.3) is 0 Å². The van der Waals surface area contributed by atoms with Gasteiger partial charge >= 0.3 is 0 Å². The van der Waals surface area contributed by atoms with Crippen molar-refractivity contribution in [3.8, 4) is 6.07 Å². The normalized spacial score (nSPS) is 10.4. The number of nitrogens with zero attached hydrogens (tertiary/aromatic N) is 2. The number of hydrogen-bond donors (Lipinski definition) is 1. The van der Waals surface area contributed by atoms with Gasteiger partial charge in [0.15, 0.2) is 0 Å². The van der Waals surface area contributed by atoms with E-state index in [2.05, 4.69) is 23.1 Å². The van der Waals surface area contributed by atoms with E-state index in [1.165, 1.54) is 5.56 Å². The van der Waals surface area contributed by atoms with Crippen LogP contribution in [0.3, 0.4) is 0 Å². The van der Waals surface area contributed by atoms with E-state index in [1.807, 2.05) is 42.5 Å². The van der Waals surface area contributed by atoms with Gasteiger partial charge in [-0.05, 0) is 17.2 Å². The van der Waals surface area contributed by atoms with Gasteiger partial charge in [-0.15, -0.1) is 0 Å². The molecule has 102 valence electrons. The largest absolute Gasteiger partial charge is 0.395 e. The van der Waals surface area contributed by atoms with Gasteiger partial charge in [-0.1, -0.05) is 48.5 Å². The zero-order chi connectivity index (χ0) is 14.2. The summed E-state index contributed by atoms with van der Waals surface area (Å²) in [6, 6.07) is 20.0. The van der Waals surface area contributed by atoms with Crippen LogP contribution in [0, 0.1) is 11.3 Å². The molecule has 3 heteroatoms. The molecule has 2 aromatic carbocycles. The van der Waals surface area contributed by atoms with E-state index in [4.69, 9.17) is 5.26 Å². The van der Waals surface area contributed by atoms with Gasteiger partial charge in [-0.3, -0.25) is 4.90 Å². The van der Waals surface area contributed by atoms with Crippen molar-refractivity contribution in [1.82, 2.24) is 4.90 Å². The van der Waals surface area contributed by atoms with E-state index in [-0.39, 0.29) is 6.61 Å². The zero-order valence-electron chi connectivity index (χ0n) is 11.4. The minimum atomic E-state index is 0.113. The molecule has 0 aliphatic carbocycles. The summed E-state index contributed by atoms with van der Waals surface area (Å²) >= 11 is 0. The highest BCUT2D eigenvalue weighted by molar-refractivity contribution is 5.37. The summed E-state index contributed by atoms with van der Waals surface area (Å²) in [4.78, 5) is 2.14. The maximum Gasteiger partial charge on any atom is 0.0995 e. The van der Waals surface area contributed by atoms with E-state index < -0.39 is 0 Å². The Labute approximate surface area is 119 Å². The summed E-state index contributed by atoms with van der Waals surface area (Å²) < 4.78 is 0. The highest BCUT2D eigenvalue weighted by Gasteiger charge is 2.09. The summed E-state index contributed by atoms with van der Waals surface area (Å²) in [5.74, 6) is 0. The van der Waals surface area contributed by atoms with Gasteiger partial charge in [0.1, 0.15) is 0 Å². The Kier molecular flexibility index (Phi) is 5.31. The van der Waals surface area contributed by atoms with Crippen LogP contribution in [0.15, 0.2) is 54.6 Å². The van der Waals surface area contributed by atoms with Crippen LogP contribution in [0.2, 0.25) is 0 Å². The van der Waals surface area contributed by atoms with Crippen LogP contribution in [0.5, 0.6) is 0 Å². The van der Waals surface area contributed by atoms with Crippen LogP contribution in [-0.2, 0) is 13.1 Å². The number of aliphatic hydroxyl groups is 1. The lowest BCUT2D eigenvalue weighted by atomic mass is 10.1. The number of aliphatic hydroxyl groups excluding tert-OH is 1. The fraction of sp³-hybridized carbons (Fsp3) is 0.235. The smallest absolute Gasteiger partial charge is 0.0995 e. The monoisotopic (exact) mass is 266 g/mol. The van der Waals surface area contributed by atoms with Crippen molar-refractivity contribution in [3.63, 3.8) is 0 Å². The SMILES string of the molecule is N#Cc1ccccc1CN(CCO)Cc1ccccc1. The molecule has 0 amide bonds.